The Balaban J connectivity index is 2.56. The molecule has 0 aromatic carbocycles. The van der Waals surface area contributed by atoms with Gasteiger partial charge in [-0.3, -0.25) is 0 Å². The van der Waals surface area contributed by atoms with Crippen LogP contribution in [0.1, 0.15) is 27.2 Å². The molecule has 1 aliphatic heterocycles. The van der Waals surface area contributed by atoms with E-state index in [4.69, 9.17) is 21.1 Å². The van der Waals surface area contributed by atoms with Crippen LogP contribution in [0.2, 0.25) is 0 Å². The highest BCUT2D eigenvalue weighted by Gasteiger charge is 2.31. The van der Waals surface area contributed by atoms with E-state index < -0.39 is 0 Å². The Kier molecular flexibility index (Phi) is 3.38. The molecule has 0 bridgehead atoms. The van der Waals surface area contributed by atoms with Crippen molar-refractivity contribution >= 4 is 11.6 Å². The summed E-state index contributed by atoms with van der Waals surface area (Å²) in [6.07, 6.45) is 1.02. The second kappa shape index (κ2) is 3.95. The van der Waals surface area contributed by atoms with Crippen molar-refractivity contribution in [2.45, 2.75) is 39.6 Å². The molecule has 3 heteroatoms. The van der Waals surface area contributed by atoms with E-state index in [2.05, 4.69) is 20.8 Å². The quantitative estimate of drug-likeness (QED) is 0.594. The maximum atomic E-state index is 5.66. The number of halogens is 1. The van der Waals surface area contributed by atoms with Crippen LogP contribution in [0.5, 0.6) is 0 Å². The second-order valence-corrected chi connectivity index (χ2v) is 4.28. The lowest BCUT2D eigenvalue weighted by Gasteiger charge is -2.29. The average molecular weight is 193 g/mol. The molecule has 0 amide bonds. The summed E-state index contributed by atoms with van der Waals surface area (Å²) in [6, 6.07) is 0. The molecule has 0 aromatic rings. The zero-order valence-electron chi connectivity index (χ0n) is 7.97. The Bertz CT molecular complexity index is 147. The first-order chi connectivity index (χ1) is 5.56. The Morgan fingerprint density at radius 2 is 2.17 bits per heavy atom. The van der Waals surface area contributed by atoms with Gasteiger partial charge in [0.15, 0.2) is 6.29 Å². The first-order valence-corrected chi connectivity index (χ1v) is 4.93. The van der Waals surface area contributed by atoms with E-state index in [1.54, 1.807) is 0 Å². The van der Waals surface area contributed by atoms with E-state index in [-0.39, 0.29) is 17.8 Å². The van der Waals surface area contributed by atoms with Crippen LogP contribution < -0.4 is 0 Å². The summed E-state index contributed by atoms with van der Waals surface area (Å²) in [7, 11) is 0. The van der Waals surface area contributed by atoms with Gasteiger partial charge in [0.2, 0.25) is 0 Å². The Labute approximate surface area is 79.2 Å². The molecule has 2 atom stereocenters. The van der Waals surface area contributed by atoms with Gasteiger partial charge in [-0.15, -0.1) is 11.6 Å². The van der Waals surface area contributed by atoms with Crippen molar-refractivity contribution in [1.82, 2.24) is 0 Å². The second-order valence-electron chi connectivity index (χ2n) is 3.97. The van der Waals surface area contributed by atoms with Crippen molar-refractivity contribution in [3.8, 4) is 0 Å². The van der Waals surface area contributed by atoms with Crippen LogP contribution in [0.4, 0.5) is 0 Å². The van der Waals surface area contributed by atoms with Crippen molar-refractivity contribution < 1.29 is 9.47 Å². The summed E-state index contributed by atoms with van der Waals surface area (Å²) >= 11 is 5.66. The molecule has 0 spiro atoms. The van der Waals surface area contributed by atoms with Crippen molar-refractivity contribution in [3.63, 3.8) is 0 Å². The van der Waals surface area contributed by atoms with Crippen LogP contribution >= 0.6 is 11.6 Å². The zero-order valence-corrected chi connectivity index (χ0v) is 8.73. The topological polar surface area (TPSA) is 18.5 Å². The Morgan fingerprint density at radius 1 is 1.50 bits per heavy atom. The molecule has 0 N–H and O–H groups in total. The van der Waals surface area contributed by atoms with Gasteiger partial charge < -0.3 is 9.47 Å². The van der Waals surface area contributed by atoms with E-state index in [0.29, 0.717) is 5.88 Å². The van der Waals surface area contributed by atoms with Gasteiger partial charge >= 0.3 is 0 Å². The lowest BCUT2D eigenvalue weighted by Crippen LogP contribution is -2.30. The van der Waals surface area contributed by atoms with Gasteiger partial charge in [-0.05, 0) is 18.8 Å². The largest absolute Gasteiger partial charge is 0.351 e. The molecular weight excluding hydrogens is 176 g/mol. The van der Waals surface area contributed by atoms with Crippen molar-refractivity contribution in [2.24, 2.45) is 5.41 Å². The summed E-state index contributed by atoms with van der Waals surface area (Å²) in [6.45, 7) is 7.21. The molecule has 0 radical (unpaired) electrons. The molecule has 1 saturated heterocycles. The van der Waals surface area contributed by atoms with Crippen molar-refractivity contribution in [2.75, 3.05) is 12.5 Å². The lowest BCUT2D eigenvalue weighted by molar-refractivity contribution is -0.147. The fourth-order valence-corrected chi connectivity index (χ4v) is 1.35. The third-order valence-electron chi connectivity index (χ3n) is 2.63. The maximum Gasteiger partial charge on any atom is 0.171 e. The predicted octanol–water partition coefficient (Wildman–Crippen LogP) is 2.40. The molecular formula is C9H17ClO2. The van der Waals surface area contributed by atoms with E-state index >= 15 is 0 Å². The fraction of sp³-hybridized carbons (Fsp3) is 1.00. The van der Waals surface area contributed by atoms with Gasteiger partial charge in [0, 0.05) is 0 Å². The van der Waals surface area contributed by atoms with Crippen LogP contribution in [0, 0.1) is 5.41 Å². The number of hydrogen-bond donors (Lipinski definition) is 0. The fourth-order valence-electron chi connectivity index (χ4n) is 1.19. The van der Waals surface area contributed by atoms with Gasteiger partial charge in [0.05, 0.1) is 18.6 Å². The minimum atomic E-state index is -0.219. The molecule has 0 saturated carbocycles. The molecule has 2 unspecified atom stereocenters. The van der Waals surface area contributed by atoms with E-state index in [1.807, 2.05) is 0 Å². The van der Waals surface area contributed by atoms with Crippen LogP contribution in [-0.2, 0) is 9.47 Å². The molecule has 0 aromatic heterocycles. The summed E-state index contributed by atoms with van der Waals surface area (Å²) in [5, 5.41) is 0. The highest BCUT2D eigenvalue weighted by Crippen LogP contribution is 2.31. The number of hydrogen-bond acceptors (Lipinski definition) is 2. The van der Waals surface area contributed by atoms with E-state index in [1.165, 1.54) is 0 Å². The van der Waals surface area contributed by atoms with E-state index in [0.717, 1.165) is 13.0 Å². The van der Waals surface area contributed by atoms with Crippen LogP contribution in [0.15, 0.2) is 0 Å². The summed E-state index contributed by atoms with van der Waals surface area (Å²) in [5.41, 5.74) is 0.195. The SMILES string of the molecule is CC1OC(CCl)OCCC1(C)C. The Morgan fingerprint density at radius 3 is 2.75 bits per heavy atom. The maximum absolute atomic E-state index is 5.66. The molecule has 1 heterocycles. The first kappa shape index (κ1) is 10.3. The normalized spacial score (nSPS) is 36.0. The average Bonchev–Trinajstić information content (AvgIpc) is 2.12. The number of alkyl halides is 1. The van der Waals surface area contributed by atoms with Crippen molar-refractivity contribution in [3.05, 3.63) is 0 Å². The minimum absolute atomic E-state index is 0.195. The highest BCUT2D eigenvalue weighted by atomic mass is 35.5. The van der Waals surface area contributed by atoms with Crippen LogP contribution in [-0.4, -0.2) is 24.9 Å². The van der Waals surface area contributed by atoms with Gasteiger partial charge in [0.1, 0.15) is 0 Å². The summed E-state index contributed by atoms with van der Waals surface area (Å²) in [5.74, 6) is 0.417. The predicted molar refractivity (Wildman–Crippen MR) is 49.4 cm³/mol. The number of rotatable bonds is 1. The first-order valence-electron chi connectivity index (χ1n) is 4.39. The zero-order chi connectivity index (χ0) is 9.19. The molecule has 1 aliphatic rings. The number of ether oxygens (including phenoxy) is 2. The van der Waals surface area contributed by atoms with Gasteiger partial charge in [0.25, 0.3) is 0 Å². The third kappa shape index (κ3) is 2.35. The molecule has 1 fully saturated rings. The highest BCUT2D eigenvalue weighted by molar-refractivity contribution is 6.18. The lowest BCUT2D eigenvalue weighted by atomic mass is 9.84. The molecule has 0 aliphatic carbocycles. The molecule has 2 nitrogen and oxygen atoms in total. The van der Waals surface area contributed by atoms with Gasteiger partial charge in [-0.1, -0.05) is 13.8 Å². The third-order valence-corrected chi connectivity index (χ3v) is 2.88. The van der Waals surface area contributed by atoms with Crippen LogP contribution in [0.3, 0.4) is 0 Å². The monoisotopic (exact) mass is 192 g/mol. The Hall–Kier alpha value is 0.210. The van der Waals surface area contributed by atoms with Gasteiger partial charge in [-0.2, -0.15) is 0 Å². The van der Waals surface area contributed by atoms with Crippen molar-refractivity contribution in [1.29, 1.82) is 0 Å². The smallest absolute Gasteiger partial charge is 0.171 e. The van der Waals surface area contributed by atoms with E-state index in [9.17, 15) is 0 Å². The molecule has 12 heavy (non-hydrogen) atoms. The molecule has 72 valence electrons. The minimum Gasteiger partial charge on any atom is -0.351 e. The van der Waals surface area contributed by atoms with Gasteiger partial charge in [-0.25, -0.2) is 0 Å². The molecule has 1 rings (SSSR count). The summed E-state index contributed by atoms with van der Waals surface area (Å²) < 4.78 is 11.0. The van der Waals surface area contributed by atoms with Crippen LogP contribution in [0.25, 0.3) is 0 Å². The standard InChI is InChI=1S/C9H17ClO2/c1-7-9(2,3)4-5-11-8(6-10)12-7/h7-8H,4-6H2,1-3H3. The summed E-state index contributed by atoms with van der Waals surface area (Å²) in [4.78, 5) is 0.